The predicted molar refractivity (Wildman–Crippen MR) is 90.7 cm³/mol. The van der Waals surface area contributed by atoms with Gasteiger partial charge in [0.05, 0.1) is 0 Å². The molecule has 0 bridgehead atoms. The fourth-order valence-corrected chi connectivity index (χ4v) is 4.49. The molecular formula is C19H17NS. The molecule has 104 valence electrons. The average Bonchev–Trinajstić information content (AvgIpc) is 2.97. The minimum absolute atomic E-state index is 0.0634. The van der Waals surface area contributed by atoms with Crippen LogP contribution in [0.1, 0.15) is 17.2 Å². The summed E-state index contributed by atoms with van der Waals surface area (Å²) in [5, 5.41) is 2.98. The fourth-order valence-electron chi connectivity index (χ4n) is 3.15. The van der Waals surface area contributed by atoms with Gasteiger partial charge in [0.1, 0.15) is 0 Å². The molecule has 0 aromatic heterocycles. The van der Waals surface area contributed by atoms with Gasteiger partial charge in [-0.1, -0.05) is 60.7 Å². The van der Waals surface area contributed by atoms with Crippen molar-refractivity contribution in [3.8, 4) is 0 Å². The van der Waals surface area contributed by atoms with Gasteiger partial charge in [0.15, 0.2) is 0 Å². The van der Waals surface area contributed by atoms with E-state index in [0.717, 1.165) is 6.42 Å². The van der Waals surface area contributed by atoms with E-state index in [-0.39, 0.29) is 6.04 Å². The third-order valence-electron chi connectivity index (χ3n) is 4.26. The van der Waals surface area contributed by atoms with Crippen molar-refractivity contribution < 1.29 is 0 Å². The number of rotatable bonds is 2. The normalized spacial score (nSPS) is 18.6. The molecule has 4 rings (SSSR count). The van der Waals surface area contributed by atoms with Gasteiger partial charge in [0.25, 0.3) is 0 Å². The van der Waals surface area contributed by atoms with Crippen LogP contribution in [0.5, 0.6) is 0 Å². The molecule has 21 heavy (non-hydrogen) atoms. The summed E-state index contributed by atoms with van der Waals surface area (Å²) in [5.41, 5.74) is 9.32. The van der Waals surface area contributed by atoms with Gasteiger partial charge < -0.3 is 5.73 Å². The van der Waals surface area contributed by atoms with Gasteiger partial charge in [0.2, 0.25) is 0 Å². The van der Waals surface area contributed by atoms with Crippen LogP contribution >= 0.6 is 11.8 Å². The van der Waals surface area contributed by atoms with Gasteiger partial charge in [0, 0.05) is 16.2 Å². The highest BCUT2D eigenvalue weighted by atomic mass is 32.2. The molecule has 0 radical (unpaired) electrons. The molecule has 3 aromatic rings. The molecule has 1 aliphatic rings. The lowest BCUT2D eigenvalue weighted by Crippen LogP contribution is -2.23. The third-order valence-corrected chi connectivity index (χ3v) is 5.67. The Labute approximate surface area is 129 Å². The second-order valence-electron chi connectivity index (χ2n) is 5.56. The van der Waals surface area contributed by atoms with E-state index in [1.54, 1.807) is 0 Å². The summed E-state index contributed by atoms with van der Waals surface area (Å²) in [6.45, 7) is 0. The van der Waals surface area contributed by atoms with Crippen molar-refractivity contribution in [3.63, 3.8) is 0 Å². The second-order valence-corrected chi connectivity index (χ2v) is 6.84. The topological polar surface area (TPSA) is 26.0 Å². The molecule has 0 aliphatic carbocycles. The van der Waals surface area contributed by atoms with Gasteiger partial charge in [-0.05, 0) is 34.4 Å². The molecule has 1 nitrogen and oxygen atoms in total. The first-order valence-corrected chi connectivity index (χ1v) is 8.19. The standard InChI is InChI=1S/C19H17NS/c20-19(18-12-14-7-2-4-11-17(14)21-18)16-10-5-8-13-6-1-3-9-15(13)16/h1-11,18-19H,12,20H2. The van der Waals surface area contributed by atoms with E-state index in [9.17, 15) is 0 Å². The maximum absolute atomic E-state index is 6.62. The molecule has 0 spiro atoms. The highest BCUT2D eigenvalue weighted by Crippen LogP contribution is 2.42. The first kappa shape index (κ1) is 12.9. The number of thioether (sulfide) groups is 1. The lowest BCUT2D eigenvalue weighted by atomic mass is 9.95. The number of hydrogen-bond acceptors (Lipinski definition) is 2. The van der Waals surface area contributed by atoms with Crippen molar-refractivity contribution in [2.45, 2.75) is 22.6 Å². The van der Waals surface area contributed by atoms with E-state index in [4.69, 9.17) is 5.73 Å². The van der Waals surface area contributed by atoms with E-state index < -0.39 is 0 Å². The average molecular weight is 291 g/mol. The third kappa shape index (κ3) is 2.25. The van der Waals surface area contributed by atoms with E-state index in [2.05, 4.69) is 66.7 Å². The summed E-state index contributed by atoms with van der Waals surface area (Å²) < 4.78 is 0. The largest absolute Gasteiger partial charge is 0.323 e. The van der Waals surface area contributed by atoms with E-state index in [1.807, 2.05) is 11.8 Å². The van der Waals surface area contributed by atoms with Gasteiger partial charge in [-0.2, -0.15) is 0 Å². The van der Waals surface area contributed by atoms with Gasteiger partial charge in [-0.25, -0.2) is 0 Å². The Hall–Kier alpha value is -1.77. The van der Waals surface area contributed by atoms with Crippen molar-refractivity contribution in [2.75, 3.05) is 0 Å². The maximum atomic E-state index is 6.62. The molecule has 2 heteroatoms. The van der Waals surface area contributed by atoms with Crippen LogP contribution in [0.3, 0.4) is 0 Å². The molecule has 0 amide bonds. The SMILES string of the molecule is NC(c1cccc2ccccc12)C1Cc2ccccc2S1. The maximum Gasteiger partial charge on any atom is 0.0428 e. The lowest BCUT2D eigenvalue weighted by molar-refractivity contribution is 0.683. The zero-order valence-corrected chi connectivity index (χ0v) is 12.5. The molecule has 0 saturated heterocycles. The monoisotopic (exact) mass is 291 g/mol. The molecule has 3 aromatic carbocycles. The Morgan fingerprint density at radius 3 is 2.57 bits per heavy atom. The van der Waals surface area contributed by atoms with Gasteiger partial charge >= 0.3 is 0 Å². The van der Waals surface area contributed by atoms with Crippen LogP contribution in [0.4, 0.5) is 0 Å². The molecule has 0 saturated carbocycles. The summed E-state index contributed by atoms with van der Waals surface area (Å²) in [7, 11) is 0. The van der Waals surface area contributed by atoms with Crippen LogP contribution in [0, 0.1) is 0 Å². The number of nitrogens with two attached hydrogens (primary N) is 1. The minimum Gasteiger partial charge on any atom is -0.323 e. The smallest absolute Gasteiger partial charge is 0.0428 e. The van der Waals surface area contributed by atoms with E-state index in [1.165, 1.54) is 26.8 Å². The molecule has 1 heterocycles. The van der Waals surface area contributed by atoms with Crippen LogP contribution in [0.2, 0.25) is 0 Å². The zero-order chi connectivity index (χ0) is 14.2. The summed E-state index contributed by atoms with van der Waals surface area (Å²) in [6, 6.07) is 23.7. The van der Waals surface area contributed by atoms with Crippen molar-refractivity contribution in [3.05, 3.63) is 77.9 Å². The fraction of sp³-hybridized carbons (Fsp3) is 0.158. The first-order chi connectivity index (χ1) is 10.3. The summed E-state index contributed by atoms with van der Waals surface area (Å²) >= 11 is 1.92. The highest BCUT2D eigenvalue weighted by molar-refractivity contribution is 8.00. The van der Waals surface area contributed by atoms with Crippen molar-refractivity contribution in [1.82, 2.24) is 0 Å². The van der Waals surface area contributed by atoms with Crippen LogP contribution < -0.4 is 5.73 Å². The summed E-state index contributed by atoms with van der Waals surface area (Å²) in [5.74, 6) is 0. The number of benzene rings is 3. The van der Waals surface area contributed by atoms with Crippen LogP contribution in [0.25, 0.3) is 10.8 Å². The molecule has 2 N–H and O–H groups in total. The Morgan fingerprint density at radius 2 is 1.67 bits per heavy atom. The highest BCUT2D eigenvalue weighted by Gasteiger charge is 2.28. The molecule has 2 atom stereocenters. The van der Waals surface area contributed by atoms with E-state index in [0.29, 0.717) is 5.25 Å². The molecule has 1 aliphatic heterocycles. The quantitative estimate of drug-likeness (QED) is 0.749. The minimum atomic E-state index is 0.0634. The van der Waals surface area contributed by atoms with Gasteiger partial charge in [-0.15, -0.1) is 11.8 Å². The number of hydrogen-bond donors (Lipinski definition) is 1. The molecule has 2 unspecified atom stereocenters. The first-order valence-electron chi connectivity index (χ1n) is 7.31. The summed E-state index contributed by atoms with van der Waals surface area (Å²) in [4.78, 5) is 1.39. The Balaban J connectivity index is 1.71. The Bertz CT molecular complexity index is 766. The Kier molecular flexibility index (Phi) is 3.21. The second kappa shape index (κ2) is 5.21. The zero-order valence-electron chi connectivity index (χ0n) is 11.7. The predicted octanol–water partition coefficient (Wildman–Crippen LogP) is 4.56. The summed E-state index contributed by atoms with van der Waals surface area (Å²) in [6.07, 6.45) is 1.06. The van der Waals surface area contributed by atoms with Crippen molar-refractivity contribution >= 4 is 22.5 Å². The van der Waals surface area contributed by atoms with Crippen LogP contribution in [0.15, 0.2) is 71.6 Å². The molecular weight excluding hydrogens is 274 g/mol. The lowest BCUT2D eigenvalue weighted by Gasteiger charge is -2.20. The van der Waals surface area contributed by atoms with Crippen molar-refractivity contribution in [2.24, 2.45) is 5.73 Å². The van der Waals surface area contributed by atoms with Crippen molar-refractivity contribution in [1.29, 1.82) is 0 Å². The number of fused-ring (bicyclic) bond motifs is 2. The Morgan fingerprint density at radius 1 is 0.905 bits per heavy atom. The van der Waals surface area contributed by atoms with Crippen LogP contribution in [-0.4, -0.2) is 5.25 Å². The molecule has 0 fully saturated rings. The van der Waals surface area contributed by atoms with Crippen LogP contribution in [-0.2, 0) is 6.42 Å². The van der Waals surface area contributed by atoms with E-state index >= 15 is 0 Å². The van der Waals surface area contributed by atoms with Gasteiger partial charge in [-0.3, -0.25) is 0 Å².